The molecule has 2 fully saturated rings. The maximum atomic E-state index is 11.9. The quantitative estimate of drug-likeness (QED) is 0.697. The molecule has 5 heteroatoms. The lowest BCUT2D eigenvalue weighted by atomic mass is 9.87. The summed E-state index contributed by atoms with van der Waals surface area (Å²) in [7, 11) is 0. The zero-order chi connectivity index (χ0) is 11.7. The minimum Gasteiger partial charge on any atom is -0.350 e. The van der Waals surface area contributed by atoms with E-state index in [0.29, 0.717) is 0 Å². The Balaban J connectivity index is 2.15. The monoisotopic (exact) mass is 244 g/mol. The van der Waals surface area contributed by atoms with Crippen molar-refractivity contribution in [2.24, 2.45) is 0 Å². The van der Waals surface area contributed by atoms with Gasteiger partial charge in [0.2, 0.25) is 11.8 Å². The maximum absolute atomic E-state index is 11.9. The number of amides is 2. The van der Waals surface area contributed by atoms with Crippen LogP contribution in [-0.2, 0) is 9.59 Å². The van der Waals surface area contributed by atoms with Gasteiger partial charge in [-0.1, -0.05) is 12.8 Å². The third-order valence-electron chi connectivity index (χ3n) is 3.41. The zero-order valence-electron chi connectivity index (χ0n) is 9.41. The van der Waals surface area contributed by atoms with Gasteiger partial charge in [0.15, 0.2) is 0 Å². The zero-order valence-corrected chi connectivity index (χ0v) is 10.2. The van der Waals surface area contributed by atoms with E-state index in [0.717, 1.165) is 25.7 Å². The number of piperazine rings is 1. The number of fused-ring (bicyclic) bond motifs is 1. The first-order valence-electron chi connectivity index (χ1n) is 5.83. The van der Waals surface area contributed by atoms with Gasteiger partial charge in [-0.15, -0.1) is 11.6 Å². The van der Waals surface area contributed by atoms with Crippen molar-refractivity contribution in [3.63, 3.8) is 0 Å². The smallest absolute Gasteiger partial charge is 0.241 e. The van der Waals surface area contributed by atoms with E-state index in [2.05, 4.69) is 5.32 Å². The Labute approximate surface area is 100 Å². The number of hydrogen-bond donors (Lipinski definition) is 1. The Hall–Kier alpha value is -0.770. The molecular formula is C11H17ClN2O2. The summed E-state index contributed by atoms with van der Waals surface area (Å²) in [6, 6.07) is 0.287. The minimum atomic E-state index is -0.548. The van der Waals surface area contributed by atoms with Crippen LogP contribution in [-0.4, -0.2) is 40.7 Å². The van der Waals surface area contributed by atoms with Crippen LogP contribution in [0, 0.1) is 0 Å². The van der Waals surface area contributed by atoms with Crippen LogP contribution < -0.4 is 5.32 Å². The molecule has 1 heterocycles. The molecule has 0 spiro atoms. The number of alkyl halides is 1. The molecule has 1 aliphatic heterocycles. The Morgan fingerprint density at radius 3 is 2.88 bits per heavy atom. The molecule has 3 unspecified atom stereocenters. The molecule has 90 valence electrons. The molecule has 2 amide bonds. The standard InChI is InChI=1S/C11H17ClN2O2/c1-7(12)11(16)14-6-10(15)13-8-4-2-3-5-9(8)14/h7-9H,2-6H2,1H3,(H,13,15). The molecule has 16 heavy (non-hydrogen) atoms. The molecule has 4 nitrogen and oxygen atoms in total. The second-order valence-electron chi connectivity index (χ2n) is 4.61. The largest absolute Gasteiger partial charge is 0.350 e. The summed E-state index contributed by atoms with van der Waals surface area (Å²) in [5, 5.41) is 2.42. The molecule has 3 atom stereocenters. The van der Waals surface area contributed by atoms with Gasteiger partial charge < -0.3 is 10.2 Å². The summed E-state index contributed by atoms with van der Waals surface area (Å²) in [6.07, 6.45) is 4.19. The van der Waals surface area contributed by atoms with E-state index in [1.54, 1.807) is 11.8 Å². The lowest BCUT2D eigenvalue weighted by Gasteiger charge is -2.44. The van der Waals surface area contributed by atoms with Crippen LogP contribution in [0.25, 0.3) is 0 Å². The molecule has 2 rings (SSSR count). The fourth-order valence-electron chi connectivity index (χ4n) is 2.65. The molecule has 0 radical (unpaired) electrons. The molecule has 0 bridgehead atoms. The van der Waals surface area contributed by atoms with Crippen LogP contribution in [0.4, 0.5) is 0 Å². The SMILES string of the molecule is CC(Cl)C(=O)N1CC(=O)NC2CCCCC21. The van der Waals surface area contributed by atoms with Gasteiger partial charge in [0.1, 0.15) is 5.38 Å². The summed E-state index contributed by atoms with van der Waals surface area (Å²) >= 11 is 5.82. The number of nitrogens with zero attached hydrogens (tertiary/aromatic N) is 1. The highest BCUT2D eigenvalue weighted by atomic mass is 35.5. The average Bonchev–Trinajstić information content (AvgIpc) is 2.26. The summed E-state index contributed by atoms with van der Waals surface area (Å²) in [4.78, 5) is 25.1. The highest BCUT2D eigenvalue weighted by molar-refractivity contribution is 6.30. The van der Waals surface area contributed by atoms with E-state index in [-0.39, 0.29) is 30.4 Å². The van der Waals surface area contributed by atoms with Gasteiger partial charge in [-0.05, 0) is 19.8 Å². The summed E-state index contributed by atoms with van der Waals surface area (Å²) in [6.45, 7) is 1.82. The number of nitrogens with one attached hydrogen (secondary N) is 1. The molecular weight excluding hydrogens is 228 g/mol. The van der Waals surface area contributed by atoms with Crippen LogP contribution in [0.1, 0.15) is 32.6 Å². The van der Waals surface area contributed by atoms with Crippen LogP contribution in [0.2, 0.25) is 0 Å². The van der Waals surface area contributed by atoms with Crippen molar-refractivity contribution in [2.45, 2.75) is 50.1 Å². The van der Waals surface area contributed by atoms with E-state index >= 15 is 0 Å². The number of hydrogen-bond acceptors (Lipinski definition) is 2. The first-order chi connectivity index (χ1) is 7.59. The Kier molecular flexibility index (Phi) is 3.38. The van der Waals surface area contributed by atoms with Gasteiger partial charge in [-0.25, -0.2) is 0 Å². The topological polar surface area (TPSA) is 49.4 Å². The third kappa shape index (κ3) is 2.17. The van der Waals surface area contributed by atoms with E-state index < -0.39 is 5.38 Å². The Morgan fingerprint density at radius 2 is 2.19 bits per heavy atom. The van der Waals surface area contributed by atoms with Crippen LogP contribution in [0.3, 0.4) is 0 Å². The maximum Gasteiger partial charge on any atom is 0.241 e. The lowest BCUT2D eigenvalue weighted by molar-refractivity contribution is -0.143. The van der Waals surface area contributed by atoms with Crippen molar-refractivity contribution in [1.29, 1.82) is 0 Å². The number of carbonyl (C=O) groups is 2. The van der Waals surface area contributed by atoms with Crippen molar-refractivity contribution >= 4 is 23.4 Å². The fourth-order valence-corrected chi connectivity index (χ4v) is 2.77. The average molecular weight is 245 g/mol. The molecule has 0 aromatic heterocycles. The van der Waals surface area contributed by atoms with Gasteiger partial charge in [0, 0.05) is 6.04 Å². The third-order valence-corrected chi connectivity index (χ3v) is 3.60. The van der Waals surface area contributed by atoms with E-state index in [1.165, 1.54) is 0 Å². The predicted octanol–water partition coefficient (Wildman–Crippen LogP) is 0.883. The molecule has 1 aliphatic carbocycles. The summed E-state index contributed by atoms with van der Waals surface area (Å²) in [5.74, 6) is -0.178. The van der Waals surface area contributed by atoms with E-state index in [9.17, 15) is 9.59 Å². The van der Waals surface area contributed by atoms with E-state index in [4.69, 9.17) is 11.6 Å². The fraction of sp³-hybridized carbons (Fsp3) is 0.818. The minimum absolute atomic E-state index is 0.0613. The molecule has 0 aromatic rings. The van der Waals surface area contributed by atoms with Gasteiger partial charge in [0.05, 0.1) is 12.6 Å². The first kappa shape index (κ1) is 11.7. The Morgan fingerprint density at radius 1 is 1.50 bits per heavy atom. The van der Waals surface area contributed by atoms with Gasteiger partial charge in [-0.2, -0.15) is 0 Å². The predicted molar refractivity (Wildman–Crippen MR) is 61.2 cm³/mol. The summed E-state index contributed by atoms with van der Waals surface area (Å²) < 4.78 is 0. The van der Waals surface area contributed by atoms with Crippen molar-refractivity contribution < 1.29 is 9.59 Å². The molecule has 1 N–H and O–H groups in total. The van der Waals surface area contributed by atoms with Crippen molar-refractivity contribution in [3.8, 4) is 0 Å². The highest BCUT2D eigenvalue weighted by Gasteiger charge is 2.39. The molecule has 2 aliphatic rings. The summed E-state index contributed by atoms with van der Waals surface area (Å²) in [5.41, 5.74) is 0. The second-order valence-corrected chi connectivity index (χ2v) is 5.26. The van der Waals surface area contributed by atoms with E-state index in [1.807, 2.05) is 0 Å². The van der Waals surface area contributed by atoms with Gasteiger partial charge in [0.25, 0.3) is 0 Å². The van der Waals surface area contributed by atoms with Gasteiger partial charge in [-0.3, -0.25) is 9.59 Å². The van der Waals surface area contributed by atoms with Crippen molar-refractivity contribution in [1.82, 2.24) is 10.2 Å². The van der Waals surface area contributed by atoms with Crippen molar-refractivity contribution in [2.75, 3.05) is 6.54 Å². The van der Waals surface area contributed by atoms with Crippen LogP contribution in [0.5, 0.6) is 0 Å². The second kappa shape index (κ2) is 4.62. The van der Waals surface area contributed by atoms with Crippen LogP contribution >= 0.6 is 11.6 Å². The number of rotatable bonds is 1. The Bertz CT molecular complexity index is 306. The van der Waals surface area contributed by atoms with Gasteiger partial charge >= 0.3 is 0 Å². The number of carbonyl (C=O) groups excluding carboxylic acids is 2. The first-order valence-corrected chi connectivity index (χ1v) is 6.27. The lowest BCUT2D eigenvalue weighted by Crippen LogP contribution is -2.63. The molecule has 0 aromatic carbocycles. The van der Waals surface area contributed by atoms with Crippen molar-refractivity contribution in [3.05, 3.63) is 0 Å². The normalized spacial score (nSPS) is 31.6. The number of halogens is 1. The van der Waals surface area contributed by atoms with Crippen LogP contribution in [0.15, 0.2) is 0 Å². The highest BCUT2D eigenvalue weighted by Crippen LogP contribution is 2.26. The molecule has 1 saturated carbocycles. The molecule has 1 saturated heterocycles.